The van der Waals surface area contributed by atoms with Crippen molar-refractivity contribution in [1.82, 2.24) is 0 Å². The molecule has 156 valence electrons. The molecule has 1 unspecified atom stereocenters. The topological polar surface area (TPSA) is 26.3 Å². The molecule has 0 rings (SSSR count). The van der Waals surface area contributed by atoms with E-state index < -0.39 is 42.1 Å². The van der Waals surface area contributed by atoms with Gasteiger partial charge in [0.2, 0.25) is 0 Å². The largest absolute Gasteiger partial charge is 0.465 e. The summed E-state index contributed by atoms with van der Waals surface area (Å²) in [5.74, 6) is -11.8. The van der Waals surface area contributed by atoms with E-state index >= 15 is 0 Å². The standard InChI is InChI=1S/C16H25F7O2S/c1-4-5-8-25-13(24)12(10-11(2)3)26-9-6-7-14(17,18)15(19,20)16(21,22)23/h11-12H,4-10H2,1-3H3. The lowest BCUT2D eigenvalue weighted by atomic mass is 10.1. The molecule has 2 nitrogen and oxygen atoms in total. The van der Waals surface area contributed by atoms with Crippen LogP contribution in [0.2, 0.25) is 0 Å². The van der Waals surface area contributed by atoms with Gasteiger partial charge in [-0.3, -0.25) is 4.79 Å². The first-order valence-corrected chi connectivity index (χ1v) is 9.41. The minimum Gasteiger partial charge on any atom is -0.465 e. The molecule has 1 atom stereocenters. The smallest absolute Gasteiger partial charge is 0.459 e. The molecule has 0 fully saturated rings. The lowest BCUT2D eigenvalue weighted by molar-refractivity contribution is -0.355. The first-order chi connectivity index (χ1) is 11.8. The van der Waals surface area contributed by atoms with Crippen molar-refractivity contribution in [2.45, 2.75) is 76.1 Å². The fourth-order valence-corrected chi connectivity index (χ4v) is 3.28. The van der Waals surface area contributed by atoms with Crippen molar-refractivity contribution in [3.8, 4) is 0 Å². The molecule has 0 aliphatic rings. The molecule has 0 N–H and O–H groups in total. The number of unbranched alkanes of at least 4 members (excludes halogenated alkanes) is 1. The van der Waals surface area contributed by atoms with Gasteiger partial charge in [-0.15, -0.1) is 11.8 Å². The maximum atomic E-state index is 13.2. The van der Waals surface area contributed by atoms with Crippen LogP contribution in [-0.4, -0.2) is 41.6 Å². The zero-order chi connectivity index (χ0) is 20.6. The van der Waals surface area contributed by atoms with Crippen LogP contribution in [0.5, 0.6) is 0 Å². The van der Waals surface area contributed by atoms with Crippen LogP contribution in [0.1, 0.15) is 52.9 Å². The molecule has 0 amide bonds. The maximum absolute atomic E-state index is 13.2. The summed E-state index contributed by atoms with van der Waals surface area (Å²) in [5, 5.41) is -0.663. The fraction of sp³-hybridized carbons (Fsp3) is 0.938. The molecular formula is C16H25F7O2S. The van der Waals surface area contributed by atoms with Crippen LogP contribution in [0.25, 0.3) is 0 Å². The summed E-state index contributed by atoms with van der Waals surface area (Å²) in [6.07, 6.45) is -6.63. The van der Waals surface area contributed by atoms with Gasteiger partial charge in [-0.2, -0.15) is 30.7 Å². The van der Waals surface area contributed by atoms with Crippen molar-refractivity contribution in [2.24, 2.45) is 5.92 Å². The van der Waals surface area contributed by atoms with Crippen LogP contribution < -0.4 is 0 Å². The Labute approximate surface area is 153 Å². The first-order valence-electron chi connectivity index (χ1n) is 8.36. The third-order valence-electron chi connectivity index (χ3n) is 3.46. The monoisotopic (exact) mass is 414 g/mol. The molecule has 0 radical (unpaired) electrons. The molecule has 0 aromatic rings. The third-order valence-corrected chi connectivity index (χ3v) is 4.77. The van der Waals surface area contributed by atoms with Gasteiger partial charge < -0.3 is 4.74 Å². The van der Waals surface area contributed by atoms with Gasteiger partial charge in [0.25, 0.3) is 0 Å². The van der Waals surface area contributed by atoms with E-state index in [2.05, 4.69) is 0 Å². The lowest BCUT2D eigenvalue weighted by Crippen LogP contribution is -2.51. The fourth-order valence-electron chi connectivity index (χ4n) is 1.95. The average Bonchev–Trinajstić information content (AvgIpc) is 2.48. The first kappa shape index (κ1) is 25.3. The minimum atomic E-state index is -6.31. The highest BCUT2D eigenvalue weighted by Crippen LogP contribution is 2.48. The Morgan fingerprint density at radius 1 is 1.04 bits per heavy atom. The minimum absolute atomic E-state index is 0.0993. The zero-order valence-electron chi connectivity index (χ0n) is 15.0. The van der Waals surface area contributed by atoms with E-state index in [-0.39, 0.29) is 18.3 Å². The van der Waals surface area contributed by atoms with Crippen LogP contribution >= 0.6 is 11.8 Å². The van der Waals surface area contributed by atoms with Gasteiger partial charge in [0, 0.05) is 6.42 Å². The molecule has 0 bridgehead atoms. The van der Waals surface area contributed by atoms with Crippen molar-refractivity contribution < 1.29 is 40.3 Å². The van der Waals surface area contributed by atoms with Crippen molar-refractivity contribution in [2.75, 3.05) is 12.4 Å². The Hall–Kier alpha value is -0.670. The normalized spacial score (nSPS) is 14.6. The lowest BCUT2D eigenvalue weighted by Gasteiger charge is -2.28. The predicted molar refractivity (Wildman–Crippen MR) is 86.8 cm³/mol. The molecule has 0 aromatic carbocycles. The summed E-state index contributed by atoms with van der Waals surface area (Å²) in [4.78, 5) is 12.0. The van der Waals surface area contributed by atoms with Crippen molar-refractivity contribution in [3.05, 3.63) is 0 Å². The Balaban J connectivity index is 4.60. The number of ether oxygens (including phenoxy) is 1. The van der Waals surface area contributed by atoms with E-state index in [0.29, 0.717) is 12.8 Å². The van der Waals surface area contributed by atoms with Crippen LogP contribution in [0.15, 0.2) is 0 Å². The second-order valence-corrected chi connectivity index (χ2v) is 7.70. The molecule has 0 aliphatic carbocycles. The summed E-state index contributed by atoms with van der Waals surface area (Å²) in [6.45, 7) is 5.81. The molecule has 0 aliphatic heterocycles. The van der Waals surface area contributed by atoms with E-state index in [9.17, 15) is 35.5 Å². The van der Waals surface area contributed by atoms with Crippen LogP contribution in [0, 0.1) is 5.92 Å². The van der Waals surface area contributed by atoms with E-state index in [4.69, 9.17) is 4.74 Å². The molecule has 0 heterocycles. The number of halogens is 7. The molecule has 0 aromatic heterocycles. The van der Waals surface area contributed by atoms with Crippen LogP contribution in [0.3, 0.4) is 0 Å². The van der Waals surface area contributed by atoms with E-state index in [1.54, 1.807) is 0 Å². The van der Waals surface area contributed by atoms with Gasteiger partial charge in [-0.25, -0.2) is 0 Å². The molecule has 26 heavy (non-hydrogen) atoms. The van der Waals surface area contributed by atoms with Gasteiger partial charge >= 0.3 is 24.0 Å². The number of hydrogen-bond donors (Lipinski definition) is 0. The van der Waals surface area contributed by atoms with Crippen LogP contribution in [0.4, 0.5) is 30.7 Å². The molecule has 0 saturated heterocycles. The van der Waals surface area contributed by atoms with Gasteiger partial charge in [0.15, 0.2) is 0 Å². The second-order valence-electron chi connectivity index (χ2n) is 6.39. The molecule has 10 heteroatoms. The van der Waals surface area contributed by atoms with Gasteiger partial charge in [0.05, 0.1) is 6.61 Å². The quantitative estimate of drug-likeness (QED) is 0.220. The Kier molecular flexibility index (Phi) is 10.3. The Bertz CT molecular complexity index is 425. The number of carbonyl (C=O) groups excluding carboxylic acids is 1. The summed E-state index contributed by atoms with van der Waals surface area (Å²) in [5.41, 5.74) is 0. The average molecular weight is 414 g/mol. The summed E-state index contributed by atoms with van der Waals surface area (Å²) < 4.78 is 93.3. The number of carbonyl (C=O) groups is 1. The second kappa shape index (κ2) is 10.6. The zero-order valence-corrected chi connectivity index (χ0v) is 15.8. The third kappa shape index (κ3) is 7.92. The molecule has 0 saturated carbocycles. The summed E-state index contributed by atoms with van der Waals surface area (Å²) >= 11 is 0.941. The maximum Gasteiger partial charge on any atom is 0.459 e. The van der Waals surface area contributed by atoms with Gasteiger partial charge in [0.1, 0.15) is 5.25 Å². The van der Waals surface area contributed by atoms with Crippen molar-refractivity contribution in [3.63, 3.8) is 0 Å². The Morgan fingerprint density at radius 2 is 1.62 bits per heavy atom. The van der Waals surface area contributed by atoms with Crippen LogP contribution in [-0.2, 0) is 9.53 Å². The number of rotatable bonds is 12. The summed E-state index contributed by atoms with van der Waals surface area (Å²) in [6, 6.07) is 0. The highest BCUT2D eigenvalue weighted by Gasteiger charge is 2.72. The van der Waals surface area contributed by atoms with Gasteiger partial charge in [-0.1, -0.05) is 27.2 Å². The number of thioether (sulfide) groups is 1. The van der Waals surface area contributed by atoms with Crippen molar-refractivity contribution in [1.29, 1.82) is 0 Å². The predicted octanol–water partition coefficient (Wildman–Crippen LogP) is 6.09. The van der Waals surface area contributed by atoms with Crippen molar-refractivity contribution >= 4 is 17.7 Å². The van der Waals surface area contributed by atoms with E-state index in [0.717, 1.165) is 18.2 Å². The number of esters is 1. The number of alkyl halides is 7. The SMILES string of the molecule is CCCCOC(=O)C(CC(C)C)SCCCC(F)(F)C(F)(F)C(F)(F)F. The molecular weight excluding hydrogens is 389 g/mol. The summed E-state index contributed by atoms with van der Waals surface area (Å²) in [7, 11) is 0. The van der Waals surface area contributed by atoms with E-state index in [1.165, 1.54) is 0 Å². The molecule has 0 spiro atoms. The number of hydrogen-bond acceptors (Lipinski definition) is 3. The highest BCUT2D eigenvalue weighted by atomic mass is 32.2. The van der Waals surface area contributed by atoms with Gasteiger partial charge in [-0.05, 0) is 30.9 Å². The highest BCUT2D eigenvalue weighted by molar-refractivity contribution is 8.00. The van der Waals surface area contributed by atoms with E-state index in [1.807, 2.05) is 20.8 Å². The Morgan fingerprint density at radius 3 is 2.08 bits per heavy atom.